The first-order valence-electron chi connectivity index (χ1n) is 8.13. The number of hydrogen-bond acceptors (Lipinski definition) is 4. The summed E-state index contributed by atoms with van der Waals surface area (Å²) in [4.78, 5) is 0.225. The fraction of sp³-hybridized carbons (Fsp3) is 0.471. The summed E-state index contributed by atoms with van der Waals surface area (Å²) in [5.74, 6) is 0.0441. The van der Waals surface area contributed by atoms with Crippen molar-refractivity contribution in [3.8, 4) is 0 Å². The number of sulfonamides is 1. The van der Waals surface area contributed by atoms with Gasteiger partial charge < -0.3 is 5.11 Å². The second kappa shape index (κ2) is 6.72. The average Bonchev–Trinajstić information content (AvgIpc) is 2.92. The van der Waals surface area contributed by atoms with E-state index in [4.69, 9.17) is 11.6 Å². The van der Waals surface area contributed by atoms with Crippen molar-refractivity contribution in [1.29, 1.82) is 0 Å². The summed E-state index contributed by atoms with van der Waals surface area (Å²) in [5, 5.41) is 14.3. The Hall–Kier alpha value is -1.41. The number of benzene rings is 1. The highest BCUT2D eigenvalue weighted by molar-refractivity contribution is 7.89. The second-order valence-corrected chi connectivity index (χ2v) is 8.89. The summed E-state index contributed by atoms with van der Waals surface area (Å²) in [6.45, 7) is 3.51. The van der Waals surface area contributed by atoms with Gasteiger partial charge >= 0.3 is 0 Å². The number of hydrogen-bond donors (Lipinski definition) is 2. The molecule has 8 heteroatoms. The zero-order valence-corrected chi connectivity index (χ0v) is 16.0. The van der Waals surface area contributed by atoms with Gasteiger partial charge in [0.25, 0.3) is 0 Å². The maximum absolute atomic E-state index is 13.0. The summed E-state index contributed by atoms with van der Waals surface area (Å²) in [6, 6.07) is 2.84. The van der Waals surface area contributed by atoms with Crippen LogP contribution in [0.1, 0.15) is 35.6 Å². The first-order chi connectivity index (χ1) is 11.7. The van der Waals surface area contributed by atoms with Crippen LogP contribution < -0.4 is 4.72 Å². The first kappa shape index (κ1) is 18.4. The van der Waals surface area contributed by atoms with Gasteiger partial charge in [0, 0.05) is 23.8 Å². The lowest BCUT2D eigenvalue weighted by Gasteiger charge is -2.37. The molecule has 1 atom stereocenters. The molecule has 0 saturated heterocycles. The van der Waals surface area contributed by atoms with Gasteiger partial charge in [-0.1, -0.05) is 11.6 Å². The zero-order valence-electron chi connectivity index (χ0n) is 14.4. The number of nitrogens with zero attached hydrogens (tertiary/aromatic N) is 2. The summed E-state index contributed by atoms with van der Waals surface area (Å²) in [5.41, 5.74) is 2.11. The van der Waals surface area contributed by atoms with Gasteiger partial charge in [-0.25, -0.2) is 13.1 Å². The zero-order chi connectivity index (χ0) is 18.4. The van der Waals surface area contributed by atoms with E-state index < -0.39 is 16.1 Å². The van der Waals surface area contributed by atoms with Crippen LogP contribution in [0.4, 0.5) is 0 Å². The van der Waals surface area contributed by atoms with Crippen LogP contribution in [0.5, 0.6) is 0 Å². The molecule has 0 bridgehead atoms. The van der Waals surface area contributed by atoms with Crippen molar-refractivity contribution in [2.24, 2.45) is 13.0 Å². The monoisotopic (exact) mass is 383 g/mol. The van der Waals surface area contributed by atoms with Crippen LogP contribution in [0.15, 0.2) is 29.4 Å². The molecule has 1 heterocycles. The van der Waals surface area contributed by atoms with E-state index in [1.165, 1.54) is 0 Å². The summed E-state index contributed by atoms with van der Waals surface area (Å²) in [6.07, 6.45) is 4.24. The number of aryl methyl sites for hydroxylation is 3. The third-order valence-electron chi connectivity index (χ3n) is 4.73. The lowest BCUT2D eigenvalue weighted by atomic mass is 9.76. The summed E-state index contributed by atoms with van der Waals surface area (Å²) < 4.78 is 30.4. The molecular formula is C17H22ClN3O3S. The Labute approximate surface area is 152 Å². The highest BCUT2D eigenvalue weighted by Crippen LogP contribution is 2.39. The predicted molar refractivity (Wildman–Crippen MR) is 95.9 cm³/mol. The molecular weight excluding hydrogens is 362 g/mol. The molecule has 136 valence electrons. The van der Waals surface area contributed by atoms with E-state index in [9.17, 15) is 13.5 Å². The SMILES string of the molecule is Cc1cc(S(=O)(=O)NC(c2cnn(C)c2)C2CC(O)C2)c(C)cc1Cl. The van der Waals surface area contributed by atoms with Gasteiger partial charge in [0.1, 0.15) is 0 Å². The van der Waals surface area contributed by atoms with Crippen molar-refractivity contribution in [2.75, 3.05) is 0 Å². The van der Waals surface area contributed by atoms with Gasteiger partial charge in [0.2, 0.25) is 10.0 Å². The predicted octanol–water partition coefficient (Wildman–Crippen LogP) is 2.48. The fourth-order valence-electron chi connectivity index (χ4n) is 3.21. The van der Waals surface area contributed by atoms with Gasteiger partial charge in [-0.2, -0.15) is 5.10 Å². The van der Waals surface area contributed by atoms with Crippen molar-refractivity contribution in [2.45, 2.75) is 43.7 Å². The van der Waals surface area contributed by atoms with Crippen LogP contribution in [0, 0.1) is 19.8 Å². The molecule has 1 fully saturated rings. The topological polar surface area (TPSA) is 84.2 Å². The molecule has 0 radical (unpaired) electrons. The number of nitrogens with one attached hydrogen (secondary N) is 1. The molecule has 6 nitrogen and oxygen atoms in total. The van der Waals surface area contributed by atoms with Crippen molar-refractivity contribution in [3.05, 3.63) is 46.2 Å². The minimum atomic E-state index is -3.73. The third kappa shape index (κ3) is 3.74. The molecule has 3 rings (SSSR count). The van der Waals surface area contributed by atoms with Gasteiger partial charge in [0.15, 0.2) is 0 Å². The fourth-order valence-corrected chi connectivity index (χ4v) is 5.04. The van der Waals surface area contributed by atoms with Crippen molar-refractivity contribution in [3.63, 3.8) is 0 Å². The van der Waals surface area contributed by atoms with Crippen LogP contribution in [0.3, 0.4) is 0 Å². The molecule has 0 aliphatic heterocycles. The molecule has 25 heavy (non-hydrogen) atoms. The second-order valence-electron chi connectivity index (χ2n) is 6.80. The van der Waals surface area contributed by atoms with E-state index in [1.807, 2.05) is 0 Å². The summed E-state index contributed by atoms with van der Waals surface area (Å²) in [7, 11) is -1.95. The van der Waals surface area contributed by atoms with Gasteiger partial charge in [-0.05, 0) is 55.9 Å². The molecule has 1 aliphatic rings. The molecule has 1 aromatic heterocycles. The van der Waals surface area contributed by atoms with Gasteiger partial charge in [-0.3, -0.25) is 4.68 Å². The number of halogens is 1. The smallest absolute Gasteiger partial charge is 0.241 e. The quantitative estimate of drug-likeness (QED) is 0.830. The normalized spacial score (nSPS) is 21.8. The summed E-state index contributed by atoms with van der Waals surface area (Å²) >= 11 is 6.08. The van der Waals surface area contributed by atoms with Crippen molar-refractivity contribution < 1.29 is 13.5 Å². The number of aromatic nitrogens is 2. The molecule has 1 unspecified atom stereocenters. The third-order valence-corrected chi connectivity index (χ3v) is 6.72. The van der Waals surface area contributed by atoms with E-state index in [0.717, 1.165) is 5.56 Å². The van der Waals surface area contributed by atoms with Crippen LogP contribution in [-0.4, -0.2) is 29.4 Å². The standard InChI is InChI=1S/C17H22ClN3O3S/c1-10-5-16(11(2)4-15(10)18)25(23,24)20-17(12-6-14(22)7-12)13-8-19-21(3)9-13/h4-5,8-9,12,14,17,20,22H,6-7H2,1-3H3. The molecule has 0 amide bonds. The lowest BCUT2D eigenvalue weighted by molar-refractivity contribution is 0.0280. The van der Waals surface area contributed by atoms with Crippen molar-refractivity contribution >= 4 is 21.6 Å². The van der Waals surface area contributed by atoms with Crippen LogP contribution >= 0.6 is 11.6 Å². The Morgan fingerprint density at radius 2 is 2.00 bits per heavy atom. The molecule has 1 saturated carbocycles. The van der Waals surface area contributed by atoms with Crippen LogP contribution in [0.25, 0.3) is 0 Å². The Kier molecular flexibility index (Phi) is 4.94. The van der Waals surface area contributed by atoms with Crippen molar-refractivity contribution in [1.82, 2.24) is 14.5 Å². The van der Waals surface area contributed by atoms with E-state index in [0.29, 0.717) is 29.0 Å². The minimum Gasteiger partial charge on any atom is -0.393 e. The lowest BCUT2D eigenvalue weighted by Crippen LogP contribution is -2.41. The largest absolute Gasteiger partial charge is 0.393 e. The Morgan fingerprint density at radius 3 is 2.56 bits per heavy atom. The highest BCUT2D eigenvalue weighted by Gasteiger charge is 2.38. The Morgan fingerprint density at radius 1 is 1.32 bits per heavy atom. The number of rotatable bonds is 5. The maximum Gasteiger partial charge on any atom is 0.241 e. The molecule has 1 aromatic carbocycles. The Balaban J connectivity index is 1.94. The molecule has 2 N–H and O–H groups in total. The van der Waals surface area contributed by atoms with Crippen LogP contribution in [-0.2, 0) is 17.1 Å². The number of aliphatic hydroxyl groups excluding tert-OH is 1. The minimum absolute atomic E-state index is 0.0441. The van der Waals surface area contributed by atoms with E-state index in [-0.39, 0.29) is 16.9 Å². The maximum atomic E-state index is 13.0. The first-order valence-corrected chi connectivity index (χ1v) is 9.99. The number of aliphatic hydroxyl groups is 1. The van der Waals surface area contributed by atoms with E-state index >= 15 is 0 Å². The molecule has 1 aliphatic carbocycles. The van der Waals surface area contributed by atoms with E-state index in [1.54, 1.807) is 50.1 Å². The van der Waals surface area contributed by atoms with Crippen LogP contribution in [0.2, 0.25) is 5.02 Å². The average molecular weight is 384 g/mol. The van der Waals surface area contributed by atoms with Gasteiger partial charge in [-0.15, -0.1) is 0 Å². The Bertz CT molecular complexity index is 889. The van der Waals surface area contributed by atoms with Gasteiger partial charge in [0.05, 0.1) is 23.2 Å². The van der Waals surface area contributed by atoms with E-state index in [2.05, 4.69) is 9.82 Å². The highest BCUT2D eigenvalue weighted by atomic mass is 35.5. The molecule has 2 aromatic rings. The molecule has 0 spiro atoms.